The molecule has 6 heteroatoms. The smallest absolute Gasteiger partial charge is 0.211 e. The van der Waals surface area contributed by atoms with E-state index in [-0.39, 0.29) is 5.75 Å². The maximum atomic E-state index is 11.8. The predicted molar refractivity (Wildman–Crippen MR) is 79.9 cm³/mol. The molecule has 1 aromatic heterocycles. The first kappa shape index (κ1) is 15.0. The number of hydrogen-bond acceptors (Lipinski definition) is 4. The number of thiophene rings is 1. The third kappa shape index (κ3) is 5.60. The Balaban J connectivity index is 1.62. The molecule has 1 fully saturated rings. The zero-order valence-electron chi connectivity index (χ0n) is 11.3. The van der Waals surface area contributed by atoms with Gasteiger partial charge in [-0.1, -0.05) is 0 Å². The lowest BCUT2D eigenvalue weighted by molar-refractivity contribution is 0.573. The van der Waals surface area contributed by atoms with Crippen LogP contribution in [0.3, 0.4) is 0 Å². The van der Waals surface area contributed by atoms with Gasteiger partial charge in [-0.05, 0) is 56.2 Å². The number of rotatable bonds is 9. The zero-order valence-corrected chi connectivity index (χ0v) is 12.9. The van der Waals surface area contributed by atoms with Crippen LogP contribution in [-0.4, -0.2) is 26.8 Å². The summed E-state index contributed by atoms with van der Waals surface area (Å²) in [5.74, 6) is 0.226. The Labute approximate surface area is 119 Å². The summed E-state index contributed by atoms with van der Waals surface area (Å²) in [5.41, 5.74) is 1.15. The normalized spacial score (nSPS) is 15.8. The van der Waals surface area contributed by atoms with Gasteiger partial charge in [0.05, 0.1) is 5.75 Å². The van der Waals surface area contributed by atoms with Crippen LogP contribution in [0.15, 0.2) is 11.4 Å². The summed E-state index contributed by atoms with van der Waals surface area (Å²) in [6.45, 7) is 3.36. The van der Waals surface area contributed by atoms with Crippen molar-refractivity contribution >= 4 is 21.4 Å². The molecule has 0 atom stereocenters. The van der Waals surface area contributed by atoms with Gasteiger partial charge in [-0.15, -0.1) is 11.3 Å². The van der Waals surface area contributed by atoms with Crippen LogP contribution < -0.4 is 10.0 Å². The first-order valence-corrected chi connectivity index (χ1v) is 9.34. The average molecular weight is 302 g/mol. The fraction of sp³-hybridized carbons (Fsp3) is 0.692. The van der Waals surface area contributed by atoms with E-state index in [0.717, 1.165) is 29.8 Å². The zero-order chi connectivity index (χ0) is 13.7. The van der Waals surface area contributed by atoms with Gasteiger partial charge in [-0.3, -0.25) is 0 Å². The summed E-state index contributed by atoms with van der Waals surface area (Å²) >= 11 is 1.60. The molecule has 0 unspecified atom stereocenters. The van der Waals surface area contributed by atoms with E-state index in [2.05, 4.69) is 10.0 Å². The fourth-order valence-electron chi connectivity index (χ4n) is 1.84. The number of hydrogen-bond donors (Lipinski definition) is 2. The van der Waals surface area contributed by atoms with E-state index in [1.165, 1.54) is 12.8 Å². The van der Waals surface area contributed by atoms with E-state index in [4.69, 9.17) is 0 Å². The second-order valence-corrected chi connectivity index (χ2v) is 8.03. The summed E-state index contributed by atoms with van der Waals surface area (Å²) < 4.78 is 26.3. The minimum Gasteiger partial charge on any atom is -0.314 e. The molecule has 108 valence electrons. The quantitative estimate of drug-likeness (QED) is 0.686. The molecule has 1 aromatic rings. The molecule has 4 nitrogen and oxygen atoms in total. The van der Waals surface area contributed by atoms with Gasteiger partial charge in [0.15, 0.2) is 0 Å². The van der Waals surface area contributed by atoms with Gasteiger partial charge < -0.3 is 5.32 Å². The molecule has 0 bridgehead atoms. The minimum absolute atomic E-state index is 0.226. The topological polar surface area (TPSA) is 58.2 Å². The van der Waals surface area contributed by atoms with Gasteiger partial charge >= 0.3 is 0 Å². The molecule has 1 aliphatic carbocycles. The molecule has 0 spiro atoms. The van der Waals surface area contributed by atoms with Gasteiger partial charge in [0.1, 0.15) is 0 Å². The van der Waals surface area contributed by atoms with E-state index >= 15 is 0 Å². The Morgan fingerprint density at radius 1 is 1.37 bits per heavy atom. The van der Waals surface area contributed by atoms with Crippen molar-refractivity contribution in [2.45, 2.75) is 45.2 Å². The summed E-state index contributed by atoms with van der Waals surface area (Å²) in [7, 11) is -3.13. The highest BCUT2D eigenvalue weighted by atomic mass is 32.2. The Morgan fingerprint density at radius 3 is 2.79 bits per heavy atom. The Hall–Kier alpha value is -0.430. The maximum absolute atomic E-state index is 11.8. The highest BCUT2D eigenvalue weighted by molar-refractivity contribution is 7.89. The fourth-order valence-corrected chi connectivity index (χ4v) is 3.87. The molecule has 0 aliphatic heterocycles. The van der Waals surface area contributed by atoms with Crippen LogP contribution in [0.1, 0.15) is 36.1 Å². The molecule has 2 rings (SSSR count). The van der Waals surface area contributed by atoms with Gasteiger partial charge in [0.25, 0.3) is 0 Å². The van der Waals surface area contributed by atoms with Crippen molar-refractivity contribution in [3.63, 3.8) is 0 Å². The van der Waals surface area contributed by atoms with Crippen molar-refractivity contribution in [1.82, 2.24) is 10.0 Å². The Kier molecular flexibility index (Phi) is 5.38. The highest BCUT2D eigenvalue weighted by Crippen LogP contribution is 2.18. The van der Waals surface area contributed by atoms with E-state index < -0.39 is 10.0 Å². The molecule has 1 aliphatic rings. The third-order valence-corrected chi connectivity index (χ3v) is 5.70. The van der Waals surface area contributed by atoms with Crippen LogP contribution in [0.2, 0.25) is 0 Å². The predicted octanol–water partition coefficient (Wildman–Crippen LogP) is 2.01. The van der Waals surface area contributed by atoms with E-state index in [9.17, 15) is 8.42 Å². The highest BCUT2D eigenvalue weighted by Gasteiger charge is 2.19. The first-order valence-electron chi connectivity index (χ1n) is 6.80. The third-order valence-electron chi connectivity index (χ3n) is 3.27. The molecule has 0 radical (unpaired) electrons. The van der Waals surface area contributed by atoms with Crippen molar-refractivity contribution < 1.29 is 8.42 Å². The van der Waals surface area contributed by atoms with E-state index in [0.29, 0.717) is 12.6 Å². The maximum Gasteiger partial charge on any atom is 0.211 e. The Bertz CT molecular complexity index is 492. The molecule has 1 heterocycles. The largest absolute Gasteiger partial charge is 0.314 e. The standard InChI is InChI=1S/C13H22N2O2S2/c1-11-6-8-18-13(11)10-15-19(16,17)9-3-2-7-14-12-4-5-12/h6,8,12,14-15H,2-5,7,9-10H2,1H3. The lowest BCUT2D eigenvalue weighted by Gasteiger charge is -2.07. The van der Waals surface area contributed by atoms with Crippen LogP contribution in [0.4, 0.5) is 0 Å². The molecule has 0 saturated heterocycles. The van der Waals surface area contributed by atoms with Crippen LogP contribution in [-0.2, 0) is 16.6 Å². The summed E-state index contributed by atoms with van der Waals surface area (Å²) in [5, 5.41) is 5.38. The number of aryl methyl sites for hydroxylation is 1. The van der Waals surface area contributed by atoms with E-state index in [1.807, 2.05) is 18.4 Å². The molecule has 0 amide bonds. The summed E-state index contributed by atoms with van der Waals surface area (Å²) in [6, 6.07) is 2.72. The van der Waals surface area contributed by atoms with Gasteiger partial charge in [0, 0.05) is 17.5 Å². The minimum atomic E-state index is -3.13. The molecule has 19 heavy (non-hydrogen) atoms. The van der Waals surface area contributed by atoms with Crippen molar-refractivity contribution in [1.29, 1.82) is 0 Å². The lowest BCUT2D eigenvalue weighted by atomic mass is 10.3. The summed E-state index contributed by atoms with van der Waals surface area (Å²) in [4.78, 5) is 1.10. The lowest BCUT2D eigenvalue weighted by Crippen LogP contribution is -2.26. The number of sulfonamides is 1. The van der Waals surface area contributed by atoms with E-state index in [1.54, 1.807) is 11.3 Å². The van der Waals surface area contributed by atoms with Crippen molar-refractivity contribution in [3.8, 4) is 0 Å². The van der Waals surface area contributed by atoms with Crippen molar-refractivity contribution in [2.24, 2.45) is 0 Å². The van der Waals surface area contributed by atoms with Gasteiger partial charge in [-0.25, -0.2) is 13.1 Å². The monoisotopic (exact) mass is 302 g/mol. The van der Waals surface area contributed by atoms with Crippen LogP contribution in [0.5, 0.6) is 0 Å². The first-order chi connectivity index (χ1) is 9.07. The molecule has 2 N–H and O–H groups in total. The van der Waals surface area contributed by atoms with Crippen LogP contribution in [0.25, 0.3) is 0 Å². The molecular formula is C13H22N2O2S2. The SMILES string of the molecule is Cc1ccsc1CNS(=O)(=O)CCCCNC1CC1. The number of unbranched alkanes of at least 4 members (excludes halogenated alkanes) is 1. The van der Waals surface area contributed by atoms with Gasteiger partial charge in [0.2, 0.25) is 10.0 Å². The van der Waals surface area contributed by atoms with Crippen molar-refractivity contribution in [3.05, 3.63) is 21.9 Å². The second-order valence-electron chi connectivity index (χ2n) is 5.10. The molecule has 1 saturated carbocycles. The van der Waals surface area contributed by atoms with Crippen LogP contribution >= 0.6 is 11.3 Å². The molecule has 0 aromatic carbocycles. The van der Waals surface area contributed by atoms with Crippen LogP contribution in [0, 0.1) is 6.92 Å². The Morgan fingerprint density at radius 2 is 2.16 bits per heavy atom. The second kappa shape index (κ2) is 6.83. The average Bonchev–Trinajstić information content (AvgIpc) is 3.08. The van der Waals surface area contributed by atoms with Gasteiger partial charge in [-0.2, -0.15) is 0 Å². The molecular weight excluding hydrogens is 280 g/mol. The number of nitrogens with one attached hydrogen (secondary N) is 2. The van der Waals surface area contributed by atoms with Crippen molar-refractivity contribution in [2.75, 3.05) is 12.3 Å². The summed E-state index contributed by atoms with van der Waals surface area (Å²) in [6.07, 6.45) is 4.20.